The molecule has 0 aromatic rings. The third-order valence-corrected chi connectivity index (χ3v) is 5.05. The number of hydrogen-bond donors (Lipinski definition) is 2. The van der Waals surface area contributed by atoms with E-state index in [1.54, 1.807) is 6.92 Å². The molecule has 2 N–H and O–H groups in total. The lowest BCUT2D eigenvalue weighted by atomic mass is 9.85. The number of hydrogen-bond acceptors (Lipinski definition) is 2. The Hall–Kier alpha value is -1.26. The fraction of sp³-hybridized carbons (Fsp3) is 0.867. The van der Waals surface area contributed by atoms with Gasteiger partial charge in [-0.15, -0.1) is 0 Å². The summed E-state index contributed by atoms with van der Waals surface area (Å²) in [4.78, 5) is 25.6. The van der Waals surface area contributed by atoms with Crippen molar-refractivity contribution >= 4 is 12.0 Å². The summed E-state index contributed by atoms with van der Waals surface area (Å²) in [5.41, 5.74) is -0.811. The van der Waals surface area contributed by atoms with Gasteiger partial charge in [0, 0.05) is 19.1 Å². The van der Waals surface area contributed by atoms with E-state index in [0.717, 1.165) is 38.8 Å². The van der Waals surface area contributed by atoms with Crippen molar-refractivity contribution in [2.24, 2.45) is 11.3 Å². The van der Waals surface area contributed by atoms with Crippen molar-refractivity contribution < 1.29 is 14.7 Å². The van der Waals surface area contributed by atoms with Gasteiger partial charge in [0.05, 0.1) is 5.41 Å². The molecule has 5 nitrogen and oxygen atoms in total. The summed E-state index contributed by atoms with van der Waals surface area (Å²) in [6.07, 6.45) is 5.51. The number of carboxylic acid groups (broad SMARTS) is 1. The summed E-state index contributed by atoms with van der Waals surface area (Å²) in [6, 6.07) is -0.327. The molecule has 2 fully saturated rings. The van der Waals surface area contributed by atoms with Crippen molar-refractivity contribution in [2.45, 2.75) is 58.4 Å². The maximum Gasteiger partial charge on any atom is 0.317 e. The molecule has 2 amide bonds. The Labute approximate surface area is 120 Å². The van der Waals surface area contributed by atoms with Gasteiger partial charge in [-0.05, 0) is 44.9 Å². The van der Waals surface area contributed by atoms with E-state index in [4.69, 9.17) is 0 Å². The number of carboxylic acids is 1. The fourth-order valence-corrected chi connectivity index (χ4v) is 3.36. The minimum Gasteiger partial charge on any atom is -0.481 e. The number of rotatable bonds is 2. The summed E-state index contributed by atoms with van der Waals surface area (Å²) < 4.78 is 0. The molecule has 2 rings (SSSR count). The number of nitrogens with zero attached hydrogens (tertiary/aromatic N) is 1. The first-order chi connectivity index (χ1) is 9.43. The van der Waals surface area contributed by atoms with Crippen LogP contribution in [0.3, 0.4) is 0 Å². The highest BCUT2D eigenvalue weighted by Crippen LogP contribution is 2.38. The lowest BCUT2D eigenvalue weighted by Crippen LogP contribution is -2.51. The molecule has 1 heterocycles. The minimum atomic E-state index is -0.811. The van der Waals surface area contributed by atoms with Gasteiger partial charge in [-0.3, -0.25) is 4.79 Å². The Balaban J connectivity index is 1.95. The summed E-state index contributed by atoms with van der Waals surface area (Å²) in [5.74, 6) is -0.131. The van der Waals surface area contributed by atoms with Gasteiger partial charge in [0.1, 0.15) is 0 Å². The molecule has 1 saturated heterocycles. The molecule has 0 aromatic heterocycles. The molecule has 5 heteroatoms. The van der Waals surface area contributed by atoms with Crippen molar-refractivity contribution in [1.29, 1.82) is 0 Å². The fourth-order valence-electron chi connectivity index (χ4n) is 3.36. The van der Waals surface area contributed by atoms with Crippen LogP contribution in [0.1, 0.15) is 52.4 Å². The zero-order valence-corrected chi connectivity index (χ0v) is 12.5. The normalized spacial score (nSPS) is 34.6. The molecule has 20 heavy (non-hydrogen) atoms. The first kappa shape index (κ1) is 15.1. The average molecular weight is 282 g/mol. The summed E-state index contributed by atoms with van der Waals surface area (Å²) >= 11 is 0. The largest absolute Gasteiger partial charge is 0.481 e. The van der Waals surface area contributed by atoms with Crippen LogP contribution in [0.25, 0.3) is 0 Å². The van der Waals surface area contributed by atoms with Gasteiger partial charge < -0.3 is 15.3 Å². The van der Waals surface area contributed by atoms with Crippen LogP contribution in [0.15, 0.2) is 0 Å². The third kappa shape index (κ3) is 3.07. The standard InChI is InChI=1S/C15H26N2O3/c1-11-5-4-9-17(10-7-11)14(20)16-12-6-3-8-15(12,2)13(18)19/h11-12H,3-10H2,1-2H3,(H,16,20)(H,18,19). The maximum absolute atomic E-state index is 12.3. The molecule has 1 aliphatic carbocycles. The minimum absolute atomic E-state index is 0.0847. The Morgan fingerprint density at radius 3 is 2.65 bits per heavy atom. The van der Waals surface area contributed by atoms with Gasteiger partial charge in [-0.1, -0.05) is 13.3 Å². The van der Waals surface area contributed by atoms with Crippen LogP contribution in [0.5, 0.6) is 0 Å². The van der Waals surface area contributed by atoms with Gasteiger partial charge in [0.25, 0.3) is 0 Å². The highest BCUT2D eigenvalue weighted by molar-refractivity contribution is 5.79. The van der Waals surface area contributed by atoms with Gasteiger partial charge in [0.15, 0.2) is 0 Å². The first-order valence-corrected chi connectivity index (χ1v) is 7.72. The van der Waals surface area contributed by atoms with E-state index in [9.17, 15) is 14.7 Å². The maximum atomic E-state index is 12.3. The van der Waals surface area contributed by atoms with Crippen LogP contribution in [-0.4, -0.2) is 41.1 Å². The van der Waals surface area contributed by atoms with Gasteiger partial charge in [-0.2, -0.15) is 0 Å². The van der Waals surface area contributed by atoms with Crippen LogP contribution >= 0.6 is 0 Å². The Bertz CT molecular complexity index is 385. The van der Waals surface area contributed by atoms with Crippen LogP contribution < -0.4 is 5.32 Å². The number of nitrogens with one attached hydrogen (secondary N) is 1. The van der Waals surface area contributed by atoms with Crippen LogP contribution in [0, 0.1) is 11.3 Å². The highest BCUT2D eigenvalue weighted by atomic mass is 16.4. The molecule has 1 aliphatic heterocycles. The smallest absolute Gasteiger partial charge is 0.317 e. The second-order valence-electron chi connectivity index (χ2n) is 6.64. The second-order valence-corrected chi connectivity index (χ2v) is 6.64. The number of likely N-dealkylation sites (tertiary alicyclic amines) is 1. The zero-order chi connectivity index (χ0) is 14.8. The molecule has 2 aliphatic rings. The number of carbonyl (C=O) groups excluding carboxylic acids is 1. The average Bonchev–Trinajstić information content (AvgIpc) is 2.63. The van der Waals surface area contributed by atoms with Crippen molar-refractivity contribution in [3.63, 3.8) is 0 Å². The molecule has 3 atom stereocenters. The molecule has 3 unspecified atom stereocenters. The van der Waals surface area contributed by atoms with Gasteiger partial charge in [-0.25, -0.2) is 4.79 Å². The van der Waals surface area contributed by atoms with Crippen molar-refractivity contribution in [3.05, 3.63) is 0 Å². The molecule has 0 aromatic carbocycles. The van der Waals surface area contributed by atoms with Crippen LogP contribution in [0.2, 0.25) is 0 Å². The Morgan fingerprint density at radius 2 is 1.95 bits per heavy atom. The van der Waals surface area contributed by atoms with Crippen molar-refractivity contribution in [2.75, 3.05) is 13.1 Å². The molecule has 114 valence electrons. The molecule has 0 bridgehead atoms. The Morgan fingerprint density at radius 1 is 1.20 bits per heavy atom. The molecule has 0 spiro atoms. The van der Waals surface area contributed by atoms with E-state index in [1.165, 1.54) is 6.42 Å². The SMILES string of the molecule is CC1CCCN(C(=O)NC2CCCC2(C)C(=O)O)CC1. The lowest BCUT2D eigenvalue weighted by molar-refractivity contribution is -0.148. The number of urea groups is 1. The van der Waals surface area contributed by atoms with E-state index in [2.05, 4.69) is 12.2 Å². The summed E-state index contributed by atoms with van der Waals surface area (Å²) in [7, 11) is 0. The van der Waals surface area contributed by atoms with E-state index in [1.807, 2.05) is 4.90 Å². The predicted octanol–water partition coefficient (Wildman–Crippen LogP) is 2.46. The number of carbonyl (C=O) groups is 2. The highest BCUT2D eigenvalue weighted by Gasteiger charge is 2.46. The predicted molar refractivity (Wildman–Crippen MR) is 76.5 cm³/mol. The summed E-state index contributed by atoms with van der Waals surface area (Å²) in [5, 5.41) is 12.4. The first-order valence-electron chi connectivity index (χ1n) is 7.72. The van der Waals surface area contributed by atoms with E-state index in [0.29, 0.717) is 12.3 Å². The topological polar surface area (TPSA) is 69.6 Å². The third-order valence-electron chi connectivity index (χ3n) is 5.05. The quantitative estimate of drug-likeness (QED) is 0.817. The molecule has 0 radical (unpaired) electrons. The molecule has 1 saturated carbocycles. The zero-order valence-electron chi connectivity index (χ0n) is 12.5. The van der Waals surface area contributed by atoms with Gasteiger partial charge in [0.2, 0.25) is 0 Å². The summed E-state index contributed by atoms with van der Waals surface area (Å²) in [6.45, 7) is 5.54. The van der Waals surface area contributed by atoms with Crippen LogP contribution in [0.4, 0.5) is 4.79 Å². The van der Waals surface area contributed by atoms with E-state index < -0.39 is 11.4 Å². The van der Waals surface area contributed by atoms with E-state index >= 15 is 0 Å². The van der Waals surface area contributed by atoms with Crippen molar-refractivity contribution in [1.82, 2.24) is 10.2 Å². The number of amides is 2. The number of aliphatic carboxylic acids is 1. The van der Waals surface area contributed by atoms with Crippen LogP contribution in [-0.2, 0) is 4.79 Å². The molecular formula is C15H26N2O3. The second kappa shape index (κ2) is 6.02. The Kier molecular flexibility index (Phi) is 4.55. The van der Waals surface area contributed by atoms with Crippen molar-refractivity contribution in [3.8, 4) is 0 Å². The molecular weight excluding hydrogens is 256 g/mol. The van der Waals surface area contributed by atoms with E-state index in [-0.39, 0.29) is 12.1 Å². The lowest BCUT2D eigenvalue weighted by Gasteiger charge is -2.30. The monoisotopic (exact) mass is 282 g/mol. The van der Waals surface area contributed by atoms with Gasteiger partial charge >= 0.3 is 12.0 Å².